The van der Waals surface area contributed by atoms with E-state index in [1.807, 2.05) is 30.3 Å². The average Bonchev–Trinajstić information content (AvgIpc) is 2.87. The number of primary amides is 1. The van der Waals surface area contributed by atoms with Crippen LogP contribution in [0.15, 0.2) is 36.4 Å². The number of urea groups is 1. The molecule has 0 unspecified atom stereocenters. The van der Waals surface area contributed by atoms with Crippen LogP contribution in [-0.2, 0) is 11.3 Å². The van der Waals surface area contributed by atoms with Crippen LogP contribution < -0.4 is 16.4 Å². The van der Waals surface area contributed by atoms with E-state index >= 15 is 0 Å². The predicted octanol–water partition coefficient (Wildman–Crippen LogP) is 2.61. The summed E-state index contributed by atoms with van der Waals surface area (Å²) in [4.78, 5) is 34.9. The molecule has 0 spiro atoms. The molecule has 0 bridgehead atoms. The smallest absolute Gasteiger partial charge is 0.372 e. The number of hydrogen-bond donors (Lipinski definition) is 3. The van der Waals surface area contributed by atoms with Crippen LogP contribution >= 0.6 is 11.3 Å². The van der Waals surface area contributed by atoms with Crippen LogP contribution in [0.1, 0.15) is 20.1 Å². The molecular weight excluding hydrogens is 318 g/mol. The van der Waals surface area contributed by atoms with Gasteiger partial charge in [0.15, 0.2) is 0 Å². The van der Waals surface area contributed by atoms with Crippen molar-refractivity contribution in [3.05, 3.63) is 51.7 Å². The minimum Gasteiger partial charge on any atom is -0.372 e. The van der Waals surface area contributed by atoms with E-state index in [2.05, 4.69) is 15.4 Å². The summed E-state index contributed by atoms with van der Waals surface area (Å²) in [5.41, 5.74) is 6.23. The van der Waals surface area contributed by atoms with Crippen molar-refractivity contribution < 1.29 is 19.1 Å². The molecule has 23 heavy (non-hydrogen) atoms. The standard InChI is InChI=1S/C15H15N3O4S/c1-9-11(7-12(23-9)13(19)22-14(16)20)18-15(21)17-8-10-5-3-2-4-6-10/h2-7H,8H2,1H3,(H2,16,20)(H2,17,18,21). The molecule has 0 radical (unpaired) electrons. The number of esters is 1. The molecule has 0 aliphatic carbocycles. The van der Waals surface area contributed by atoms with E-state index in [1.165, 1.54) is 6.07 Å². The lowest BCUT2D eigenvalue weighted by Gasteiger charge is -2.07. The summed E-state index contributed by atoms with van der Waals surface area (Å²) < 4.78 is 4.30. The van der Waals surface area contributed by atoms with Crippen LogP contribution in [0, 0.1) is 6.92 Å². The first-order valence-electron chi connectivity index (χ1n) is 6.66. The van der Waals surface area contributed by atoms with Crippen molar-refractivity contribution in [1.29, 1.82) is 0 Å². The van der Waals surface area contributed by atoms with Gasteiger partial charge in [-0.3, -0.25) is 0 Å². The number of carbonyl (C=O) groups is 3. The summed E-state index contributed by atoms with van der Waals surface area (Å²) >= 11 is 1.10. The number of rotatable bonds is 4. The topological polar surface area (TPSA) is 111 Å². The van der Waals surface area contributed by atoms with Gasteiger partial charge in [0.1, 0.15) is 4.88 Å². The van der Waals surface area contributed by atoms with Crippen LogP contribution in [0.3, 0.4) is 0 Å². The predicted molar refractivity (Wildman–Crippen MR) is 86.4 cm³/mol. The normalized spacial score (nSPS) is 9.96. The van der Waals surface area contributed by atoms with Gasteiger partial charge >= 0.3 is 18.1 Å². The maximum absolute atomic E-state index is 11.9. The van der Waals surface area contributed by atoms with E-state index in [9.17, 15) is 14.4 Å². The van der Waals surface area contributed by atoms with E-state index < -0.39 is 18.1 Å². The van der Waals surface area contributed by atoms with Crippen molar-refractivity contribution in [3.63, 3.8) is 0 Å². The molecule has 120 valence electrons. The van der Waals surface area contributed by atoms with Gasteiger partial charge in [-0.25, -0.2) is 14.4 Å². The molecule has 0 aliphatic rings. The summed E-state index contributed by atoms with van der Waals surface area (Å²) in [6.45, 7) is 2.12. The number of ether oxygens (including phenoxy) is 1. The fourth-order valence-electron chi connectivity index (χ4n) is 1.79. The van der Waals surface area contributed by atoms with Gasteiger partial charge < -0.3 is 21.1 Å². The van der Waals surface area contributed by atoms with Gasteiger partial charge in [-0.1, -0.05) is 30.3 Å². The van der Waals surface area contributed by atoms with Gasteiger partial charge in [0.25, 0.3) is 0 Å². The summed E-state index contributed by atoms with van der Waals surface area (Å²) in [5, 5.41) is 5.36. The SMILES string of the molecule is Cc1sc(C(=O)OC(N)=O)cc1NC(=O)NCc1ccccc1. The Balaban J connectivity index is 1.94. The molecule has 7 nitrogen and oxygen atoms in total. The van der Waals surface area contributed by atoms with Crippen LogP contribution in [0.4, 0.5) is 15.3 Å². The van der Waals surface area contributed by atoms with Crippen molar-refractivity contribution in [1.82, 2.24) is 5.32 Å². The number of anilines is 1. The molecule has 2 rings (SSSR count). The quantitative estimate of drug-likeness (QED) is 0.590. The van der Waals surface area contributed by atoms with Gasteiger partial charge in [-0.2, -0.15) is 0 Å². The summed E-state index contributed by atoms with van der Waals surface area (Å²) in [7, 11) is 0. The van der Waals surface area contributed by atoms with E-state index in [0.717, 1.165) is 16.9 Å². The Morgan fingerprint density at radius 1 is 1.22 bits per heavy atom. The zero-order chi connectivity index (χ0) is 16.8. The fourth-order valence-corrected chi connectivity index (χ4v) is 2.64. The molecule has 2 aromatic rings. The minimum absolute atomic E-state index is 0.180. The number of amides is 3. The number of hydrogen-bond acceptors (Lipinski definition) is 5. The Hall–Kier alpha value is -2.87. The zero-order valence-corrected chi connectivity index (χ0v) is 13.1. The Bertz CT molecular complexity index is 728. The largest absolute Gasteiger partial charge is 0.412 e. The molecule has 3 amide bonds. The minimum atomic E-state index is -1.17. The Kier molecular flexibility index (Phi) is 5.32. The van der Waals surface area contributed by atoms with Crippen molar-refractivity contribution in [2.45, 2.75) is 13.5 Å². The third-order valence-electron chi connectivity index (χ3n) is 2.86. The maximum Gasteiger partial charge on any atom is 0.412 e. The molecular formula is C15H15N3O4S. The molecule has 1 aromatic carbocycles. The van der Waals surface area contributed by atoms with Crippen LogP contribution in [0.25, 0.3) is 0 Å². The number of carbonyl (C=O) groups excluding carboxylic acids is 3. The highest BCUT2D eigenvalue weighted by molar-refractivity contribution is 7.14. The van der Waals surface area contributed by atoms with Gasteiger partial charge in [0.05, 0.1) is 5.69 Å². The van der Waals surface area contributed by atoms with E-state index in [1.54, 1.807) is 6.92 Å². The van der Waals surface area contributed by atoms with Gasteiger partial charge in [-0.15, -0.1) is 11.3 Å². The lowest BCUT2D eigenvalue weighted by molar-refractivity contribution is 0.0643. The number of benzene rings is 1. The Labute approximate surface area is 136 Å². The molecule has 0 atom stereocenters. The van der Waals surface area contributed by atoms with Gasteiger partial charge in [0.2, 0.25) is 0 Å². The van der Waals surface area contributed by atoms with Gasteiger partial charge in [0, 0.05) is 11.4 Å². The van der Waals surface area contributed by atoms with Crippen molar-refractivity contribution in [3.8, 4) is 0 Å². The summed E-state index contributed by atoms with van der Waals surface area (Å²) in [6, 6.07) is 10.5. The van der Waals surface area contributed by atoms with Crippen molar-refractivity contribution in [2.24, 2.45) is 5.73 Å². The molecule has 0 fully saturated rings. The molecule has 8 heteroatoms. The molecule has 0 saturated heterocycles. The monoisotopic (exact) mass is 333 g/mol. The molecule has 0 saturated carbocycles. The van der Waals surface area contributed by atoms with E-state index in [4.69, 9.17) is 5.73 Å². The third-order valence-corrected chi connectivity index (χ3v) is 3.89. The number of aryl methyl sites for hydroxylation is 1. The Morgan fingerprint density at radius 3 is 2.57 bits per heavy atom. The second-order valence-electron chi connectivity index (χ2n) is 4.58. The molecule has 4 N–H and O–H groups in total. The lowest BCUT2D eigenvalue weighted by Crippen LogP contribution is -2.28. The highest BCUT2D eigenvalue weighted by atomic mass is 32.1. The molecule has 1 heterocycles. The number of nitrogens with two attached hydrogens (primary N) is 1. The number of thiophene rings is 1. The third kappa shape index (κ3) is 4.82. The highest BCUT2D eigenvalue weighted by Gasteiger charge is 2.16. The van der Waals surface area contributed by atoms with E-state index in [-0.39, 0.29) is 4.88 Å². The first-order valence-corrected chi connectivity index (χ1v) is 7.48. The second kappa shape index (κ2) is 7.41. The number of nitrogens with one attached hydrogen (secondary N) is 2. The molecule has 0 aliphatic heterocycles. The first kappa shape index (κ1) is 16.5. The van der Waals surface area contributed by atoms with Crippen molar-refractivity contribution in [2.75, 3.05) is 5.32 Å². The van der Waals surface area contributed by atoms with Gasteiger partial charge in [-0.05, 0) is 18.6 Å². The lowest BCUT2D eigenvalue weighted by atomic mass is 10.2. The van der Waals surface area contributed by atoms with Crippen molar-refractivity contribution >= 4 is 35.1 Å². The summed E-state index contributed by atoms with van der Waals surface area (Å²) in [5.74, 6) is -0.844. The summed E-state index contributed by atoms with van der Waals surface area (Å²) in [6.07, 6.45) is -1.17. The average molecular weight is 333 g/mol. The highest BCUT2D eigenvalue weighted by Crippen LogP contribution is 2.26. The molecule has 1 aromatic heterocycles. The van der Waals surface area contributed by atoms with E-state index in [0.29, 0.717) is 17.1 Å². The fraction of sp³-hybridized carbons (Fsp3) is 0.133. The zero-order valence-electron chi connectivity index (χ0n) is 12.3. The second-order valence-corrected chi connectivity index (χ2v) is 5.84. The van der Waals surface area contributed by atoms with Crippen LogP contribution in [-0.4, -0.2) is 18.1 Å². The van der Waals surface area contributed by atoms with Crippen LogP contribution in [0.2, 0.25) is 0 Å². The maximum atomic E-state index is 11.9. The Morgan fingerprint density at radius 2 is 1.91 bits per heavy atom. The first-order chi connectivity index (χ1) is 11.0. The van der Waals surface area contributed by atoms with Crippen LogP contribution in [0.5, 0.6) is 0 Å².